The fraction of sp³-hybridized carbons (Fsp3) is 0.111. The van der Waals surface area contributed by atoms with Crippen molar-refractivity contribution in [3.05, 3.63) is 34.6 Å². The number of rotatable bonds is 2. The number of hydrogen-bond donors (Lipinski definition) is 1. The van der Waals surface area contributed by atoms with E-state index >= 15 is 0 Å². The summed E-state index contributed by atoms with van der Waals surface area (Å²) in [6.07, 6.45) is 0. The lowest BCUT2D eigenvalue weighted by Crippen LogP contribution is -2.20. The minimum atomic E-state index is -0.750. The molecule has 0 amide bonds. The van der Waals surface area contributed by atoms with Crippen molar-refractivity contribution < 1.29 is 9.42 Å². The molecule has 78 valence electrons. The SMILES string of the molecule is Cn1nc2ccccc2c(OPO)c1=O. The van der Waals surface area contributed by atoms with E-state index < -0.39 is 9.03 Å². The lowest BCUT2D eigenvalue weighted by molar-refractivity contribution is 0.506. The Morgan fingerprint density at radius 2 is 2.20 bits per heavy atom. The normalized spacial score (nSPS) is 11.3. The van der Waals surface area contributed by atoms with Gasteiger partial charge in [0, 0.05) is 7.05 Å². The third kappa shape index (κ3) is 1.71. The van der Waals surface area contributed by atoms with E-state index in [1.54, 1.807) is 25.2 Å². The highest BCUT2D eigenvalue weighted by atomic mass is 31.1. The molecule has 1 aromatic carbocycles. The van der Waals surface area contributed by atoms with E-state index in [0.29, 0.717) is 10.9 Å². The first-order valence-electron chi connectivity index (χ1n) is 4.26. The molecular formula is C9H9N2O3P. The van der Waals surface area contributed by atoms with Crippen LogP contribution in [-0.4, -0.2) is 14.7 Å². The molecule has 0 aliphatic carbocycles. The van der Waals surface area contributed by atoms with Crippen LogP contribution >= 0.6 is 9.03 Å². The summed E-state index contributed by atoms with van der Waals surface area (Å²) in [5.74, 6) is 0.143. The number of hydrogen-bond acceptors (Lipinski definition) is 4. The summed E-state index contributed by atoms with van der Waals surface area (Å²) >= 11 is 0. The van der Waals surface area contributed by atoms with Crippen LogP contribution in [-0.2, 0) is 7.05 Å². The topological polar surface area (TPSA) is 64.3 Å². The van der Waals surface area contributed by atoms with Gasteiger partial charge in [-0.1, -0.05) is 12.1 Å². The van der Waals surface area contributed by atoms with Crippen LogP contribution in [0.1, 0.15) is 0 Å². The standard InChI is InChI=1S/C9H9N2O3P/c1-11-9(12)8(14-15-13)6-4-2-3-5-7(6)10-11/h2-5,13,15H,1H3. The Balaban J connectivity index is 2.83. The lowest BCUT2D eigenvalue weighted by Gasteiger charge is -2.06. The predicted molar refractivity (Wildman–Crippen MR) is 58.1 cm³/mol. The number of nitrogens with zero attached hydrogens (tertiary/aromatic N) is 2. The van der Waals surface area contributed by atoms with Gasteiger partial charge in [-0.3, -0.25) is 4.79 Å². The van der Waals surface area contributed by atoms with Gasteiger partial charge in [0.2, 0.25) is 14.8 Å². The highest BCUT2D eigenvalue weighted by Gasteiger charge is 2.09. The third-order valence-corrected chi connectivity index (χ3v) is 2.34. The average molecular weight is 224 g/mol. The number of fused-ring (bicyclic) bond motifs is 1. The first-order chi connectivity index (χ1) is 7.24. The molecule has 15 heavy (non-hydrogen) atoms. The number of benzene rings is 1. The molecule has 2 rings (SSSR count). The van der Waals surface area contributed by atoms with Crippen molar-refractivity contribution >= 4 is 19.9 Å². The van der Waals surface area contributed by atoms with Crippen molar-refractivity contribution in [3.63, 3.8) is 0 Å². The molecule has 1 aromatic heterocycles. The van der Waals surface area contributed by atoms with E-state index in [0.717, 1.165) is 0 Å². The fourth-order valence-electron chi connectivity index (χ4n) is 1.37. The van der Waals surface area contributed by atoms with Crippen molar-refractivity contribution in [2.45, 2.75) is 0 Å². The monoisotopic (exact) mass is 224 g/mol. The molecule has 1 atom stereocenters. The summed E-state index contributed by atoms with van der Waals surface area (Å²) in [7, 11) is 0.794. The average Bonchev–Trinajstić information content (AvgIpc) is 2.25. The maximum atomic E-state index is 11.6. The first-order valence-corrected chi connectivity index (χ1v) is 5.11. The minimum absolute atomic E-state index is 0.143. The summed E-state index contributed by atoms with van der Waals surface area (Å²) in [6, 6.07) is 7.13. The second-order valence-corrected chi connectivity index (χ2v) is 3.36. The molecule has 5 nitrogen and oxygen atoms in total. The van der Waals surface area contributed by atoms with Gasteiger partial charge in [-0.15, -0.1) is 0 Å². The van der Waals surface area contributed by atoms with Crippen molar-refractivity contribution in [1.82, 2.24) is 9.78 Å². The highest BCUT2D eigenvalue weighted by molar-refractivity contribution is 7.25. The van der Waals surface area contributed by atoms with Crippen molar-refractivity contribution in [3.8, 4) is 5.75 Å². The van der Waals surface area contributed by atoms with E-state index in [1.807, 2.05) is 6.07 Å². The van der Waals surface area contributed by atoms with Crippen LogP contribution in [0.15, 0.2) is 29.1 Å². The molecule has 0 spiro atoms. The van der Waals surface area contributed by atoms with Crippen LogP contribution in [0.5, 0.6) is 5.75 Å². The molecule has 0 radical (unpaired) electrons. The molecule has 1 unspecified atom stereocenters. The quantitative estimate of drug-likeness (QED) is 0.767. The zero-order chi connectivity index (χ0) is 10.8. The van der Waals surface area contributed by atoms with Crippen LogP contribution in [0.4, 0.5) is 0 Å². The maximum absolute atomic E-state index is 11.6. The van der Waals surface area contributed by atoms with Crippen LogP contribution in [0.25, 0.3) is 10.9 Å². The summed E-state index contributed by atoms with van der Waals surface area (Å²) in [5.41, 5.74) is 0.308. The molecule has 0 fully saturated rings. The van der Waals surface area contributed by atoms with Crippen LogP contribution in [0, 0.1) is 0 Å². The molecule has 6 heteroatoms. The Hall–Kier alpha value is -1.45. The van der Waals surface area contributed by atoms with Gasteiger partial charge in [0.15, 0.2) is 0 Å². The van der Waals surface area contributed by atoms with Gasteiger partial charge in [-0.2, -0.15) is 5.10 Å². The van der Waals surface area contributed by atoms with Gasteiger partial charge in [-0.25, -0.2) is 4.68 Å². The Kier molecular flexibility index (Phi) is 2.66. The lowest BCUT2D eigenvalue weighted by atomic mass is 10.2. The highest BCUT2D eigenvalue weighted by Crippen LogP contribution is 2.23. The van der Waals surface area contributed by atoms with Crippen molar-refractivity contribution in [1.29, 1.82) is 0 Å². The smallest absolute Gasteiger partial charge is 0.309 e. The Morgan fingerprint density at radius 3 is 2.93 bits per heavy atom. The summed E-state index contributed by atoms with van der Waals surface area (Å²) in [4.78, 5) is 20.4. The molecular weight excluding hydrogens is 215 g/mol. The molecule has 0 aliphatic rings. The fourth-order valence-corrected chi connectivity index (χ4v) is 1.65. The van der Waals surface area contributed by atoms with E-state index in [1.165, 1.54) is 4.68 Å². The van der Waals surface area contributed by atoms with Crippen LogP contribution in [0.3, 0.4) is 0 Å². The van der Waals surface area contributed by atoms with E-state index in [2.05, 4.69) is 5.10 Å². The summed E-state index contributed by atoms with van der Waals surface area (Å²) in [5, 5.41) is 4.68. The zero-order valence-corrected chi connectivity index (χ0v) is 8.97. The van der Waals surface area contributed by atoms with Gasteiger partial charge < -0.3 is 9.42 Å². The van der Waals surface area contributed by atoms with Crippen LogP contribution in [0.2, 0.25) is 0 Å². The van der Waals surface area contributed by atoms with E-state index in [4.69, 9.17) is 9.42 Å². The van der Waals surface area contributed by atoms with Gasteiger partial charge in [0.25, 0.3) is 0 Å². The van der Waals surface area contributed by atoms with Gasteiger partial charge >= 0.3 is 5.56 Å². The van der Waals surface area contributed by atoms with Gasteiger partial charge in [-0.05, 0) is 12.1 Å². The Bertz CT molecular complexity index is 553. The first kappa shape index (κ1) is 10.1. The van der Waals surface area contributed by atoms with Gasteiger partial charge in [0.05, 0.1) is 10.9 Å². The summed E-state index contributed by atoms with van der Waals surface area (Å²) < 4.78 is 6.13. The minimum Gasteiger partial charge on any atom is -0.443 e. The second kappa shape index (κ2) is 3.96. The number of aromatic nitrogens is 2. The Labute approximate surface area is 87.3 Å². The molecule has 2 aromatic rings. The van der Waals surface area contributed by atoms with Gasteiger partial charge in [0.1, 0.15) is 0 Å². The molecule has 0 bridgehead atoms. The number of aryl methyl sites for hydroxylation is 1. The maximum Gasteiger partial charge on any atom is 0.309 e. The third-order valence-electron chi connectivity index (χ3n) is 2.04. The molecule has 1 N–H and O–H groups in total. The summed E-state index contributed by atoms with van der Waals surface area (Å²) in [6.45, 7) is 0. The predicted octanol–water partition coefficient (Wildman–Crippen LogP) is 0.813. The van der Waals surface area contributed by atoms with E-state index in [-0.39, 0.29) is 11.3 Å². The zero-order valence-electron chi connectivity index (χ0n) is 7.97. The Morgan fingerprint density at radius 1 is 1.47 bits per heavy atom. The second-order valence-electron chi connectivity index (χ2n) is 2.97. The molecule has 0 saturated carbocycles. The van der Waals surface area contributed by atoms with Crippen LogP contribution < -0.4 is 10.1 Å². The molecule has 0 saturated heterocycles. The molecule has 1 heterocycles. The molecule has 0 aliphatic heterocycles. The van der Waals surface area contributed by atoms with E-state index in [9.17, 15) is 4.79 Å². The van der Waals surface area contributed by atoms with Crippen molar-refractivity contribution in [2.75, 3.05) is 0 Å². The van der Waals surface area contributed by atoms with Crippen molar-refractivity contribution in [2.24, 2.45) is 7.05 Å². The largest absolute Gasteiger partial charge is 0.443 e.